The third-order valence-corrected chi connectivity index (χ3v) is 8.96. The fourth-order valence-corrected chi connectivity index (χ4v) is 5.74. The van der Waals surface area contributed by atoms with E-state index in [9.17, 15) is 18.4 Å². The van der Waals surface area contributed by atoms with Crippen LogP contribution in [0.4, 0.5) is 8.78 Å². The topological polar surface area (TPSA) is 102 Å². The van der Waals surface area contributed by atoms with Crippen LogP contribution < -0.4 is 20.1 Å². The summed E-state index contributed by atoms with van der Waals surface area (Å²) in [7, 11) is 0. The van der Waals surface area contributed by atoms with Gasteiger partial charge in [-0.3, -0.25) is 19.6 Å². The molecule has 2 aliphatic carbocycles. The maximum atomic E-state index is 13.1. The van der Waals surface area contributed by atoms with Gasteiger partial charge in [0, 0.05) is 33.4 Å². The molecule has 6 rings (SSSR count). The van der Waals surface area contributed by atoms with Gasteiger partial charge in [-0.25, -0.2) is 8.78 Å². The number of rotatable bonds is 12. The molecule has 2 amide bonds. The Kier molecular flexibility index (Phi) is 12.7. The molecule has 2 N–H and O–H groups in total. The van der Waals surface area contributed by atoms with Crippen molar-refractivity contribution in [1.82, 2.24) is 20.6 Å². The average molecular weight is 675 g/mol. The number of benzene rings is 2. The second kappa shape index (κ2) is 17.5. The van der Waals surface area contributed by atoms with E-state index in [0.29, 0.717) is 45.8 Å². The molecule has 10 heteroatoms. The van der Waals surface area contributed by atoms with E-state index in [4.69, 9.17) is 9.47 Å². The molecule has 8 nitrogen and oxygen atoms in total. The monoisotopic (exact) mass is 674 g/mol. The quantitative estimate of drug-likeness (QED) is 0.157. The molecule has 0 aliphatic heterocycles. The molecule has 2 saturated carbocycles. The van der Waals surface area contributed by atoms with Crippen LogP contribution in [0.15, 0.2) is 85.2 Å². The van der Waals surface area contributed by atoms with Crippen LogP contribution in [0.3, 0.4) is 0 Å². The van der Waals surface area contributed by atoms with Gasteiger partial charge in [0.05, 0.1) is 22.5 Å². The Morgan fingerprint density at radius 1 is 0.694 bits per heavy atom. The first-order chi connectivity index (χ1) is 23.7. The number of halogens is 2. The van der Waals surface area contributed by atoms with Gasteiger partial charge in [0.1, 0.15) is 36.3 Å². The molecule has 262 valence electrons. The van der Waals surface area contributed by atoms with Crippen molar-refractivity contribution in [3.63, 3.8) is 0 Å². The first kappa shape index (κ1) is 35.4. The van der Waals surface area contributed by atoms with Crippen LogP contribution in [0, 0.1) is 23.5 Å². The summed E-state index contributed by atoms with van der Waals surface area (Å²) in [5.74, 6) is 1.40. The number of amides is 2. The first-order valence-corrected chi connectivity index (χ1v) is 17.0. The van der Waals surface area contributed by atoms with Gasteiger partial charge in [0.15, 0.2) is 0 Å². The highest BCUT2D eigenvalue weighted by atomic mass is 19.1. The predicted molar refractivity (Wildman–Crippen MR) is 187 cm³/mol. The zero-order valence-electron chi connectivity index (χ0n) is 28.0. The maximum Gasteiger partial charge on any atom is 0.253 e. The van der Waals surface area contributed by atoms with Crippen molar-refractivity contribution in [3.8, 4) is 11.5 Å². The van der Waals surface area contributed by atoms with E-state index in [0.717, 1.165) is 0 Å². The molecule has 0 bridgehead atoms. The van der Waals surface area contributed by atoms with Crippen molar-refractivity contribution < 1.29 is 30.7 Å². The molecule has 2 aliphatic rings. The Morgan fingerprint density at radius 2 is 1.22 bits per heavy atom. The lowest BCUT2D eigenvalue weighted by molar-refractivity contribution is 0.0915. The standard InChI is InChI=1S/C21H25FN2O2.C18H19FN2O2.2H2/c1-15(16-5-3-2-4-6-16)24-21(25)17-7-10-19(23-13-17)14-26-20-11-8-18(22)9-12-20;1-12(13-5-6-13)21-18(22)14-7-8-16(20-10-14)11-23-17-4-2-3-15(19)9-17;;/h7-13,15-16H,2-6,14H2,1H3,(H,24,25);2-4,7-10,12-13H,5-6,11H2,1H3,(H,21,22);2*1H/t15-;12-;;/m11../s1. The summed E-state index contributed by atoms with van der Waals surface area (Å²) in [5.41, 5.74) is 2.48. The lowest BCUT2D eigenvalue weighted by atomic mass is 9.84. The Labute approximate surface area is 289 Å². The van der Waals surface area contributed by atoms with Crippen LogP contribution in [0.1, 0.15) is 93.8 Å². The largest absolute Gasteiger partial charge is 0.487 e. The molecule has 2 aromatic carbocycles. The SMILES string of the molecule is C[C@@H](NC(=O)c1ccc(COc2ccc(F)cc2)nc1)C1CCCCC1.C[C@@H](NC(=O)c1ccc(COc2cccc(F)c2)nc1)C1CC1.[HH].[HH]. The molecular weight excluding hydrogens is 626 g/mol. The molecule has 0 saturated heterocycles. The van der Waals surface area contributed by atoms with Crippen LogP contribution in [0.5, 0.6) is 11.5 Å². The van der Waals surface area contributed by atoms with E-state index in [-0.39, 0.29) is 51.6 Å². The summed E-state index contributed by atoms with van der Waals surface area (Å²) in [4.78, 5) is 33.0. The van der Waals surface area contributed by atoms with Gasteiger partial charge in [-0.05, 0) is 112 Å². The Morgan fingerprint density at radius 3 is 1.71 bits per heavy atom. The van der Waals surface area contributed by atoms with E-state index >= 15 is 0 Å². The van der Waals surface area contributed by atoms with Crippen molar-refractivity contribution in [2.24, 2.45) is 11.8 Å². The summed E-state index contributed by atoms with van der Waals surface area (Å²) < 4.78 is 37.0. The number of ether oxygens (including phenoxy) is 2. The highest BCUT2D eigenvalue weighted by Gasteiger charge is 2.29. The fraction of sp³-hybridized carbons (Fsp3) is 0.385. The van der Waals surface area contributed by atoms with Crippen molar-refractivity contribution in [1.29, 1.82) is 0 Å². The minimum Gasteiger partial charge on any atom is -0.487 e. The summed E-state index contributed by atoms with van der Waals surface area (Å²) in [5, 5.41) is 6.09. The van der Waals surface area contributed by atoms with Gasteiger partial charge in [-0.15, -0.1) is 0 Å². The number of hydrogen-bond donors (Lipinski definition) is 2. The molecule has 4 aromatic rings. The minimum absolute atomic E-state index is 0. The fourth-order valence-electron chi connectivity index (χ4n) is 5.74. The summed E-state index contributed by atoms with van der Waals surface area (Å²) in [6, 6.07) is 19.2. The number of nitrogens with zero attached hydrogens (tertiary/aromatic N) is 2. The van der Waals surface area contributed by atoms with Crippen LogP contribution in [0.25, 0.3) is 0 Å². The zero-order chi connectivity index (χ0) is 34.6. The van der Waals surface area contributed by atoms with Gasteiger partial charge in [0.2, 0.25) is 0 Å². The Hall–Kier alpha value is -4.86. The molecular formula is C39H48F2N4O4. The smallest absolute Gasteiger partial charge is 0.253 e. The summed E-state index contributed by atoms with van der Waals surface area (Å²) in [6.45, 7) is 4.62. The van der Waals surface area contributed by atoms with Crippen LogP contribution in [-0.4, -0.2) is 33.9 Å². The summed E-state index contributed by atoms with van der Waals surface area (Å²) >= 11 is 0. The molecule has 49 heavy (non-hydrogen) atoms. The van der Waals surface area contributed by atoms with Crippen LogP contribution in [0.2, 0.25) is 0 Å². The van der Waals surface area contributed by atoms with Crippen molar-refractivity contribution in [2.45, 2.75) is 84.1 Å². The Balaban J connectivity index is 0.000000267. The molecule has 0 unspecified atom stereocenters. The minimum atomic E-state index is -0.340. The predicted octanol–water partition coefficient (Wildman–Crippen LogP) is 8.32. The van der Waals surface area contributed by atoms with E-state index in [1.54, 1.807) is 60.9 Å². The van der Waals surface area contributed by atoms with Gasteiger partial charge in [0.25, 0.3) is 11.8 Å². The van der Waals surface area contributed by atoms with E-state index < -0.39 is 0 Å². The van der Waals surface area contributed by atoms with E-state index in [1.165, 1.54) is 69.2 Å². The van der Waals surface area contributed by atoms with Crippen LogP contribution in [-0.2, 0) is 13.2 Å². The lowest BCUT2D eigenvalue weighted by Crippen LogP contribution is -2.38. The number of pyridine rings is 2. The number of carbonyl (C=O) groups is 2. The molecule has 0 radical (unpaired) electrons. The second-order valence-electron chi connectivity index (χ2n) is 12.8. The van der Waals surface area contributed by atoms with E-state index in [1.807, 2.05) is 6.92 Å². The normalized spacial score (nSPS) is 15.6. The summed E-state index contributed by atoms with van der Waals surface area (Å²) in [6.07, 6.45) is 11.7. The number of nitrogens with one attached hydrogen (secondary N) is 2. The zero-order valence-corrected chi connectivity index (χ0v) is 28.0. The Bertz CT molecular complexity index is 1650. The molecule has 2 fully saturated rings. The molecule has 2 atom stereocenters. The number of aromatic nitrogens is 2. The van der Waals surface area contributed by atoms with Gasteiger partial charge >= 0.3 is 0 Å². The second-order valence-corrected chi connectivity index (χ2v) is 12.8. The third-order valence-electron chi connectivity index (χ3n) is 8.96. The van der Waals surface area contributed by atoms with Gasteiger partial charge in [-0.2, -0.15) is 0 Å². The lowest BCUT2D eigenvalue weighted by Gasteiger charge is -2.28. The molecule has 2 aromatic heterocycles. The van der Waals surface area contributed by atoms with Crippen molar-refractivity contribution >= 4 is 11.8 Å². The van der Waals surface area contributed by atoms with E-state index in [2.05, 4.69) is 27.5 Å². The molecule has 2 heterocycles. The number of hydrogen-bond acceptors (Lipinski definition) is 6. The van der Waals surface area contributed by atoms with Crippen molar-refractivity contribution in [2.75, 3.05) is 0 Å². The first-order valence-electron chi connectivity index (χ1n) is 17.0. The van der Waals surface area contributed by atoms with Crippen LogP contribution >= 0.6 is 0 Å². The molecule has 0 spiro atoms. The number of carbonyl (C=O) groups excluding carboxylic acids is 2. The maximum absolute atomic E-state index is 13.1. The third kappa shape index (κ3) is 11.4. The van der Waals surface area contributed by atoms with Crippen molar-refractivity contribution in [3.05, 3.63) is 119 Å². The van der Waals surface area contributed by atoms with Gasteiger partial charge in [-0.1, -0.05) is 25.3 Å². The van der Waals surface area contributed by atoms with Gasteiger partial charge < -0.3 is 20.1 Å². The average Bonchev–Trinajstić information content (AvgIpc) is 3.98. The highest BCUT2D eigenvalue weighted by molar-refractivity contribution is 5.94. The highest BCUT2D eigenvalue weighted by Crippen LogP contribution is 2.32.